The van der Waals surface area contributed by atoms with Crippen LogP contribution in [0.15, 0.2) is 34.5 Å². The molecule has 184 valence electrons. The van der Waals surface area contributed by atoms with Crippen molar-refractivity contribution < 1.29 is 9.53 Å². The number of ketones is 1. The lowest BCUT2D eigenvalue weighted by atomic mass is 9.94. The Hall–Kier alpha value is -1.96. The van der Waals surface area contributed by atoms with Crippen LogP contribution in [0.25, 0.3) is 0 Å². The first-order valence-electron chi connectivity index (χ1n) is 12.6. The Balaban J connectivity index is 1.25. The summed E-state index contributed by atoms with van der Waals surface area (Å²) in [6.45, 7) is 7.65. The minimum Gasteiger partial charge on any atom is -0.385 e. The molecule has 0 aromatic heterocycles. The van der Waals surface area contributed by atoms with E-state index < -0.39 is 0 Å². The van der Waals surface area contributed by atoms with Crippen molar-refractivity contribution in [3.8, 4) is 0 Å². The average molecular weight is 486 g/mol. The summed E-state index contributed by atoms with van der Waals surface area (Å²) in [6.07, 6.45) is 5.08. The number of hydrogen-bond donors (Lipinski definition) is 1. The van der Waals surface area contributed by atoms with Crippen molar-refractivity contribution in [1.29, 1.82) is 0 Å². The van der Waals surface area contributed by atoms with Crippen molar-refractivity contribution in [2.75, 3.05) is 26.2 Å². The summed E-state index contributed by atoms with van der Waals surface area (Å²) in [6, 6.07) is 8.76. The SMILES string of the molecule is CC1(C)CC1CC(=O)[C@H]1CN(C2CCN(C3=NN=C(N)C3)CC2)[C@@H](Cc2ccc(Cl)cc2)CO1. The van der Waals surface area contributed by atoms with Gasteiger partial charge in [0.15, 0.2) is 5.78 Å². The molecular weight excluding hydrogens is 450 g/mol. The summed E-state index contributed by atoms with van der Waals surface area (Å²) in [5.74, 6) is 2.36. The maximum absolute atomic E-state index is 13.1. The van der Waals surface area contributed by atoms with Crippen LogP contribution in [0.1, 0.15) is 51.5 Å². The third-order valence-corrected chi connectivity index (χ3v) is 8.43. The number of rotatable bonds is 6. The van der Waals surface area contributed by atoms with Crippen molar-refractivity contribution in [3.63, 3.8) is 0 Å². The minimum atomic E-state index is -0.316. The Morgan fingerprint density at radius 2 is 1.91 bits per heavy atom. The number of piperidine rings is 1. The number of carbonyl (C=O) groups excluding carboxylic acids is 1. The van der Waals surface area contributed by atoms with Gasteiger partial charge in [0.05, 0.1) is 13.0 Å². The highest BCUT2D eigenvalue weighted by Gasteiger charge is 2.48. The topological polar surface area (TPSA) is 83.5 Å². The van der Waals surface area contributed by atoms with Crippen LogP contribution in [0.4, 0.5) is 0 Å². The van der Waals surface area contributed by atoms with Gasteiger partial charge in [-0.15, -0.1) is 10.2 Å². The molecule has 1 aromatic rings. The average Bonchev–Trinajstić information content (AvgIpc) is 3.20. The zero-order valence-electron chi connectivity index (χ0n) is 20.3. The van der Waals surface area contributed by atoms with E-state index in [-0.39, 0.29) is 17.9 Å². The molecule has 34 heavy (non-hydrogen) atoms. The summed E-state index contributed by atoms with van der Waals surface area (Å²) in [7, 11) is 0. The Morgan fingerprint density at radius 3 is 2.53 bits per heavy atom. The second-order valence-corrected chi connectivity index (χ2v) is 11.5. The van der Waals surface area contributed by atoms with E-state index in [1.54, 1.807) is 0 Å². The summed E-state index contributed by atoms with van der Waals surface area (Å²) in [5.41, 5.74) is 7.38. The van der Waals surface area contributed by atoms with Crippen molar-refractivity contribution >= 4 is 29.1 Å². The molecule has 0 spiro atoms. The normalized spacial score (nSPS) is 29.6. The van der Waals surface area contributed by atoms with Gasteiger partial charge in [0, 0.05) is 43.2 Å². The van der Waals surface area contributed by atoms with Crippen LogP contribution in [0.3, 0.4) is 0 Å². The number of morpholine rings is 1. The Bertz CT molecular complexity index is 968. The van der Waals surface area contributed by atoms with Gasteiger partial charge in [-0.25, -0.2) is 0 Å². The van der Waals surface area contributed by atoms with Crippen LogP contribution in [0.2, 0.25) is 5.02 Å². The van der Waals surface area contributed by atoms with E-state index in [0.29, 0.717) is 49.2 Å². The molecule has 1 saturated carbocycles. The summed E-state index contributed by atoms with van der Waals surface area (Å²) in [5, 5.41) is 9.01. The number of Topliss-reactive ketones (excluding diaryl/α,β-unsaturated/α-hetero) is 1. The van der Waals surface area contributed by atoms with Gasteiger partial charge in [0.1, 0.15) is 17.8 Å². The molecule has 3 fully saturated rings. The first-order valence-corrected chi connectivity index (χ1v) is 12.9. The summed E-state index contributed by atoms with van der Waals surface area (Å²) in [4.78, 5) is 18.0. The van der Waals surface area contributed by atoms with Gasteiger partial charge < -0.3 is 15.4 Å². The molecular formula is C26H36ClN5O2. The smallest absolute Gasteiger partial charge is 0.163 e. The Kier molecular flexibility index (Phi) is 6.70. The second-order valence-electron chi connectivity index (χ2n) is 11.1. The monoisotopic (exact) mass is 485 g/mol. The fourth-order valence-corrected chi connectivity index (χ4v) is 5.84. The van der Waals surface area contributed by atoms with Gasteiger partial charge in [0.2, 0.25) is 0 Å². The molecule has 3 aliphatic heterocycles. The van der Waals surface area contributed by atoms with Crippen LogP contribution in [0.5, 0.6) is 0 Å². The molecule has 1 aliphatic carbocycles. The van der Waals surface area contributed by atoms with Crippen LogP contribution in [-0.2, 0) is 16.0 Å². The van der Waals surface area contributed by atoms with Crippen molar-refractivity contribution in [2.24, 2.45) is 27.3 Å². The Morgan fingerprint density at radius 1 is 1.21 bits per heavy atom. The Labute approximate surface area is 207 Å². The lowest BCUT2D eigenvalue weighted by Crippen LogP contribution is -2.58. The molecule has 2 saturated heterocycles. The van der Waals surface area contributed by atoms with E-state index >= 15 is 0 Å². The fraction of sp³-hybridized carbons (Fsp3) is 0.654. The molecule has 8 heteroatoms. The van der Waals surface area contributed by atoms with E-state index in [0.717, 1.165) is 49.6 Å². The highest BCUT2D eigenvalue weighted by Crippen LogP contribution is 2.53. The number of ether oxygens (including phenoxy) is 1. The second kappa shape index (κ2) is 9.59. The quantitative estimate of drug-likeness (QED) is 0.666. The highest BCUT2D eigenvalue weighted by molar-refractivity contribution is 6.30. The molecule has 7 nitrogen and oxygen atoms in total. The van der Waals surface area contributed by atoms with Gasteiger partial charge in [-0.2, -0.15) is 0 Å². The lowest BCUT2D eigenvalue weighted by molar-refractivity contribution is -0.143. The first-order chi connectivity index (χ1) is 16.3. The van der Waals surface area contributed by atoms with E-state index in [4.69, 9.17) is 22.1 Å². The zero-order valence-corrected chi connectivity index (χ0v) is 21.0. The summed E-state index contributed by atoms with van der Waals surface area (Å²) >= 11 is 6.10. The molecule has 3 heterocycles. The van der Waals surface area contributed by atoms with E-state index in [2.05, 4.69) is 46.0 Å². The maximum Gasteiger partial charge on any atom is 0.163 e. The number of nitrogens with zero attached hydrogens (tertiary/aromatic N) is 4. The number of amidine groups is 2. The third-order valence-electron chi connectivity index (χ3n) is 8.18. The number of halogens is 1. The molecule has 0 amide bonds. The van der Waals surface area contributed by atoms with E-state index in [9.17, 15) is 4.79 Å². The largest absolute Gasteiger partial charge is 0.385 e. The van der Waals surface area contributed by atoms with Crippen molar-refractivity contribution in [1.82, 2.24) is 9.80 Å². The van der Waals surface area contributed by atoms with Gasteiger partial charge in [0.25, 0.3) is 0 Å². The maximum atomic E-state index is 13.1. The minimum absolute atomic E-state index is 0.252. The molecule has 2 N–H and O–H groups in total. The van der Waals surface area contributed by atoms with Crippen molar-refractivity contribution in [2.45, 2.75) is 70.6 Å². The van der Waals surface area contributed by atoms with Gasteiger partial charge in [-0.1, -0.05) is 37.6 Å². The van der Waals surface area contributed by atoms with Crippen LogP contribution < -0.4 is 5.73 Å². The number of likely N-dealkylation sites (tertiary alicyclic amines) is 1. The fourth-order valence-electron chi connectivity index (χ4n) is 5.71. The lowest BCUT2D eigenvalue weighted by Gasteiger charge is -2.46. The molecule has 4 aliphatic rings. The number of benzene rings is 1. The number of carbonyl (C=O) groups is 1. The van der Waals surface area contributed by atoms with Crippen LogP contribution in [0, 0.1) is 11.3 Å². The predicted octanol–water partition coefficient (Wildman–Crippen LogP) is 3.50. The van der Waals surface area contributed by atoms with Gasteiger partial charge in [-0.3, -0.25) is 9.69 Å². The predicted molar refractivity (Wildman–Crippen MR) is 135 cm³/mol. The van der Waals surface area contributed by atoms with E-state index in [1.165, 1.54) is 5.56 Å². The van der Waals surface area contributed by atoms with Gasteiger partial charge >= 0.3 is 0 Å². The van der Waals surface area contributed by atoms with Crippen LogP contribution in [-0.4, -0.2) is 71.7 Å². The highest BCUT2D eigenvalue weighted by atomic mass is 35.5. The molecule has 0 bridgehead atoms. The van der Waals surface area contributed by atoms with Crippen molar-refractivity contribution in [3.05, 3.63) is 34.9 Å². The molecule has 1 unspecified atom stereocenters. The van der Waals surface area contributed by atoms with E-state index in [1.807, 2.05) is 12.1 Å². The standard InChI is InChI=1S/C26H36ClN5O2/c1-26(2)14-18(26)12-22(33)23-15-32(21(16-34-23)11-17-3-5-19(27)6-4-17)20-7-9-31(10-8-20)25-13-24(28)29-30-25/h3-6,18,20-21,23H,7-16H2,1-2H3,(H2,28,29)/t18?,21-,23+/m0/s1. The third kappa shape index (κ3) is 5.31. The molecule has 3 atom stereocenters. The summed E-state index contributed by atoms with van der Waals surface area (Å²) < 4.78 is 6.20. The molecule has 1 aromatic carbocycles. The molecule has 5 rings (SSSR count). The zero-order chi connectivity index (χ0) is 23.9. The molecule has 0 radical (unpaired) electrons. The van der Waals surface area contributed by atoms with Crippen LogP contribution >= 0.6 is 11.6 Å². The first kappa shape index (κ1) is 23.8. The van der Waals surface area contributed by atoms with Gasteiger partial charge in [-0.05, 0) is 54.7 Å². The number of nitrogens with two attached hydrogens (primary N) is 1. The number of hydrogen-bond acceptors (Lipinski definition) is 7.